The maximum atomic E-state index is 11.3. The van der Waals surface area contributed by atoms with Crippen molar-refractivity contribution in [2.24, 2.45) is 5.84 Å². The smallest absolute Gasteiger partial charge is 0.265 e. The van der Waals surface area contributed by atoms with Gasteiger partial charge in [0.15, 0.2) is 0 Å². The molecule has 0 heterocycles. The number of rotatable bonds is 8. The number of nitrogens with one attached hydrogen (secondary N) is 1. The van der Waals surface area contributed by atoms with Gasteiger partial charge in [0.25, 0.3) is 5.91 Å². The van der Waals surface area contributed by atoms with E-state index in [4.69, 9.17) is 10.6 Å². The standard InChI is InChI=1S/C14H23N3O2/c1-3-17(9-10-19-4-2)11-12-5-7-13(8-6-12)14(18)16-15/h5-8H,3-4,9-11,15H2,1-2H3,(H,16,18). The third-order valence-electron chi connectivity index (χ3n) is 2.96. The first-order valence-electron chi connectivity index (χ1n) is 6.61. The second kappa shape index (κ2) is 8.63. The van der Waals surface area contributed by atoms with Crippen LogP contribution in [0, 0.1) is 0 Å². The molecule has 0 aliphatic rings. The van der Waals surface area contributed by atoms with E-state index in [2.05, 4.69) is 17.2 Å². The van der Waals surface area contributed by atoms with Crippen molar-refractivity contribution >= 4 is 5.91 Å². The Morgan fingerprint density at radius 1 is 1.32 bits per heavy atom. The summed E-state index contributed by atoms with van der Waals surface area (Å²) in [6, 6.07) is 7.48. The monoisotopic (exact) mass is 265 g/mol. The fourth-order valence-electron chi connectivity index (χ4n) is 1.79. The van der Waals surface area contributed by atoms with Crippen LogP contribution in [0.5, 0.6) is 0 Å². The molecule has 0 aliphatic carbocycles. The Kier molecular flexibility index (Phi) is 7.10. The van der Waals surface area contributed by atoms with Crippen LogP contribution in [-0.4, -0.2) is 37.1 Å². The molecule has 0 aromatic heterocycles. The van der Waals surface area contributed by atoms with Crippen LogP contribution in [0.4, 0.5) is 0 Å². The zero-order chi connectivity index (χ0) is 14.1. The van der Waals surface area contributed by atoms with E-state index in [0.717, 1.165) is 32.8 Å². The van der Waals surface area contributed by atoms with E-state index in [1.807, 2.05) is 19.1 Å². The number of nitrogens with zero attached hydrogens (tertiary/aromatic N) is 1. The Morgan fingerprint density at radius 3 is 2.53 bits per heavy atom. The van der Waals surface area contributed by atoms with Crippen molar-refractivity contribution in [3.8, 4) is 0 Å². The number of likely N-dealkylation sites (N-methyl/N-ethyl adjacent to an activating group) is 1. The van der Waals surface area contributed by atoms with Gasteiger partial charge in [0, 0.05) is 25.3 Å². The molecule has 0 saturated carbocycles. The molecule has 0 spiro atoms. The van der Waals surface area contributed by atoms with E-state index in [0.29, 0.717) is 5.56 Å². The van der Waals surface area contributed by atoms with Crippen LogP contribution in [0.2, 0.25) is 0 Å². The third-order valence-corrected chi connectivity index (χ3v) is 2.96. The first kappa shape index (κ1) is 15.6. The second-order valence-corrected chi connectivity index (χ2v) is 4.24. The summed E-state index contributed by atoms with van der Waals surface area (Å²) < 4.78 is 5.36. The lowest BCUT2D eigenvalue weighted by atomic mass is 10.1. The number of amides is 1. The van der Waals surface area contributed by atoms with Crippen LogP contribution in [-0.2, 0) is 11.3 Å². The van der Waals surface area contributed by atoms with Crippen molar-refractivity contribution in [3.05, 3.63) is 35.4 Å². The van der Waals surface area contributed by atoms with Crippen molar-refractivity contribution in [1.82, 2.24) is 10.3 Å². The van der Waals surface area contributed by atoms with E-state index in [9.17, 15) is 4.79 Å². The number of hydrogen-bond donors (Lipinski definition) is 2. The number of benzene rings is 1. The molecule has 0 aliphatic heterocycles. The molecule has 5 heteroatoms. The van der Waals surface area contributed by atoms with Gasteiger partial charge in [0.2, 0.25) is 0 Å². The van der Waals surface area contributed by atoms with Crippen LogP contribution < -0.4 is 11.3 Å². The van der Waals surface area contributed by atoms with Gasteiger partial charge in [-0.1, -0.05) is 19.1 Å². The molecule has 0 unspecified atom stereocenters. The minimum atomic E-state index is -0.268. The first-order chi connectivity index (χ1) is 9.21. The molecular formula is C14H23N3O2. The second-order valence-electron chi connectivity index (χ2n) is 4.24. The fraction of sp³-hybridized carbons (Fsp3) is 0.500. The molecule has 1 aromatic rings. The predicted octanol–water partition coefficient (Wildman–Crippen LogP) is 1.15. The molecule has 0 atom stereocenters. The number of carbonyl (C=O) groups is 1. The summed E-state index contributed by atoms with van der Waals surface area (Å²) in [5.41, 5.74) is 3.87. The summed E-state index contributed by atoms with van der Waals surface area (Å²) in [7, 11) is 0. The Balaban J connectivity index is 2.53. The number of hydrazine groups is 1. The summed E-state index contributed by atoms with van der Waals surface area (Å²) in [5.74, 6) is 4.82. The van der Waals surface area contributed by atoms with Gasteiger partial charge in [-0.05, 0) is 31.2 Å². The van der Waals surface area contributed by atoms with Crippen molar-refractivity contribution in [2.45, 2.75) is 20.4 Å². The predicted molar refractivity (Wildman–Crippen MR) is 75.5 cm³/mol. The number of carbonyl (C=O) groups excluding carboxylic acids is 1. The lowest BCUT2D eigenvalue weighted by Crippen LogP contribution is -2.30. The Labute approximate surface area is 114 Å². The third kappa shape index (κ3) is 5.38. The van der Waals surface area contributed by atoms with Crippen LogP contribution in [0.1, 0.15) is 29.8 Å². The highest BCUT2D eigenvalue weighted by Crippen LogP contribution is 2.07. The van der Waals surface area contributed by atoms with Gasteiger partial charge in [0.05, 0.1) is 6.61 Å². The quantitative estimate of drug-likeness (QED) is 0.320. The highest BCUT2D eigenvalue weighted by Gasteiger charge is 2.06. The number of nitrogen functional groups attached to an aromatic ring is 1. The van der Waals surface area contributed by atoms with Gasteiger partial charge < -0.3 is 4.74 Å². The topological polar surface area (TPSA) is 67.6 Å². The first-order valence-corrected chi connectivity index (χ1v) is 6.61. The van der Waals surface area contributed by atoms with E-state index in [1.165, 1.54) is 5.56 Å². The maximum Gasteiger partial charge on any atom is 0.265 e. The van der Waals surface area contributed by atoms with Crippen LogP contribution in [0.15, 0.2) is 24.3 Å². The van der Waals surface area contributed by atoms with Crippen molar-refractivity contribution in [1.29, 1.82) is 0 Å². The summed E-state index contributed by atoms with van der Waals surface area (Å²) in [4.78, 5) is 13.6. The molecule has 1 rings (SSSR count). The highest BCUT2D eigenvalue weighted by atomic mass is 16.5. The highest BCUT2D eigenvalue weighted by molar-refractivity contribution is 5.93. The number of hydrogen-bond acceptors (Lipinski definition) is 4. The van der Waals surface area contributed by atoms with Crippen molar-refractivity contribution in [2.75, 3.05) is 26.3 Å². The molecular weight excluding hydrogens is 242 g/mol. The minimum Gasteiger partial charge on any atom is -0.380 e. The van der Waals surface area contributed by atoms with Crippen molar-refractivity contribution < 1.29 is 9.53 Å². The average Bonchev–Trinajstić information content (AvgIpc) is 2.46. The van der Waals surface area contributed by atoms with Gasteiger partial charge in [-0.2, -0.15) is 0 Å². The largest absolute Gasteiger partial charge is 0.380 e. The van der Waals surface area contributed by atoms with Gasteiger partial charge in [0.1, 0.15) is 0 Å². The summed E-state index contributed by atoms with van der Waals surface area (Å²) >= 11 is 0. The molecule has 1 amide bonds. The molecule has 5 nitrogen and oxygen atoms in total. The normalized spacial score (nSPS) is 10.7. The van der Waals surface area contributed by atoms with E-state index < -0.39 is 0 Å². The molecule has 3 N–H and O–H groups in total. The zero-order valence-corrected chi connectivity index (χ0v) is 11.7. The van der Waals surface area contributed by atoms with E-state index >= 15 is 0 Å². The van der Waals surface area contributed by atoms with E-state index in [1.54, 1.807) is 12.1 Å². The van der Waals surface area contributed by atoms with E-state index in [-0.39, 0.29) is 5.91 Å². The van der Waals surface area contributed by atoms with Gasteiger partial charge in [-0.3, -0.25) is 15.1 Å². The Bertz CT molecular complexity index is 379. The summed E-state index contributed by atoms with van der Waals surface area (Å²) in [5, 5.41) is 0. The number of nitrogens with two attached hydrogens (primary N) is 1. The summed E-state index contributed by atoms with van der Waals surface area (Å²) in [6.45, 7) is 8.36. The molecule has 0 saturated heterocycles. The molecule has 1 aromatic carbocycles. The fourth-order valence-corrected chi connectivity index (χ4v) is 1.79. The summed E-state index contributed by atoms with van der Waals surface area (Å²) in [6.07, 6.45) is 0. The minimum absolute atomic E-state index is 0.268. The van der Waals surface area contributed by atoms with Gasteiger partial charge in [-0.25, -0.2) is 5.84 Å². The SMILES string of the molecule is CCOCCN(CC)Cc1ccc(C(=O)NN)cc1. The number of ether oxygens (including phenoxy) is 1. The maximum absolute atomic E-state index is 11.3. The van der Waals surface area contributed by atoms with Gasteiger partial charge in [-0.15, -0.1) is 0 Å². The zero-order valence-electron chi connectivity index (χ0n) is 11.7. The molecule has 106 valence electrons. The van der Waals surface area contributed by atoms with Crippen LogP contribution in [0.25, 0.3) is 0 Å². The van der Waals surface area contributed by atoms with Crippen LogP contribution >= 0.6 is 0 Å². The Hall–Kier alpha value is -1.43. The average molecular weight is 265 g/mol. The van der Waals surface area contributed by atoms with Crippen molar-refractivity contribution in [3.63, 3.8) is 0 Å². The molecule has 0 fully saturated rings. The lowest BCUT2D eigenvalue weighted by molar-refractivity contribution is 0.0953. The van der Waals surface area contributed by atoms with Gasteiger partial charge >= 0.3 is 0 Å². The molecule has 19 heavy (non-hydrogen) atoms. The molecule has 0 bridgehead atoms. The Morgan fingerprint density at radius 2 is 2.00 bits per heavy atom. The van der Waals surface area contributed by atoms with Crippen LogP contribution in [0.3, 0.4) is 0 Å². The lowest BCUT2D eigenvalue weighted by Gasteiger charge is -2.20. The molecule has 0 radical (unpaired) electrons.